The molecule has 0 aromatic carbocycles. The third-order valence-corrected chi connectivity index (χ3v) is 2.34. The molecule has 1 aromatic heterocycles. The first-order valence-corrected chi connectivity index (χ1v) is 5.57. The topological polar surface area (TPSA) is 79.9 Å². The van der Waals surface area contributed by atoms with Crippen molar-refractivity contribution in [2.45, 2.75) is 33.6 Å². The Balaban J connectivity index is 2.55. The summed E-state index contributed by atoms with van der Waals surface area (Å²) in [4.78, 5) is 15.7. The number of ether oxygens (including phenoxy) is 1. The highest BCUT2D eigenvalue weighted by Crippen LogP contribution is 2.11. The fourth-order valence-corrected chi connectivity index (χ4v) is 1.37. The Morgan fingerprint density at radius 1 is 1.44 bits per heavy atom. The molecule has 0 fully saturated rings. The Morgan fingerprint density at radius 3 is 2.69 bits per heavy atom. The summed E-state index contributed by atoms with van der Waals surface area (Å²) in [6.07, 6.45) is 1.63. The first kappa shape index (κ1) is 12.5. The van der Waals surface area contributed by atoms with Gasteiger partial charge < -0.3 is 4.74 Å². The van der Waals surface area contributed by atoms with E-state index in [9.17, 15) is 4.79 Å². The van der Waals surface area contributed by atoms with Crippen LogP contribution in [0.15, 0.2) is 0 Å². The van der Waals surface area contributed by atoms with Crippen molar-refractivity contribution in [3.63, 3.8) is 0 Å². The van der Waals surface area contributed by atoms with Crippen molar-refractivity contribution in [3.8, 4) is 6.01 Å². The predicted molar refractivity (Wildman–Crippen MR) is 60.3 cm³/mol. The Labute approximate surface area is 94.8 Å². The molecule has 0 aliphatic heterocycles. The van der Waals surface area contributed by atoms with Crippen molar-refractivity contribution in [3.05, 3.63) is 0 Å². The van der Waals surface area contributed by atoms with Crippen LogP contribution in [0.3, 0.4) is 0 Å². The number of carbonyl (C=O) groups is 1. The fraction of sp³-hybridized carbons (Fsp3) is 0.700. The Hall–Kier alpha value is -1.59. The highest BCUT2D eigenvalue weighted by molar-refractivity contribution is 5.90. The SMILES string of the molecule is CCOc1n[nH]c(NC(=O)C(CC)CC)n1. The maximum Gasteiger partial charge on any atom is 0.337 e. The number of anilines is 1. The van der Waals surface area contributed by atoms with E-state index < -0.39 is 0 Å². The normalized spacial score (nSPS) is 10.5. The summed E-state index contributed by atoms with van der Waals surface area (Å²) in [6.45, 7) is 6.32. The van der Waals surface area contributed by atoms with Gasteiger partial charge in [-0.05, 0) is 19.8 Å². The Morgan fingerprint density at radius 2 is 2.12 bits per heavy atom. The zero-order valence-electron chi connectivity index (χ0n) is 9.91. The van der Waals surface area contributed by atoms with Crippen LogP contribution in [0.5, 0.6) is 6.01 Å². The molecule has 0 saturated heterocycles. The molecule has 0 saturated carbocycles. The molecule has 0 atom stereocenters. The van der Waals surface area contributed by atoms with Crippen molar-refractivity contribution in [1.82, 2.24) is 15.2 Å². The summed E-state index contributed by atoms with van der Waals surface area (Å²) < 4.78 is 5.08. The van der Waals surface area contributed by atoms with Gasteiger partial charge in [0.05, 0.1) is 6.61 Å². The molecular weight excluding hydrogens is 208 g/mol. The molecule has 1 aromatic rings. The third-order valence-electron chi connectivity index (χ3n) is 2.34. The first-order valence-electron chi connectivity index (χ1n) is 5.57. The number of aromatic nitrogens is 3. The molecule has 0 aliphatic carbocycles. The van der Waals surface area contributed by atoms with Crippen LogP contribution in [0.2, 0.25) is 0 Å². The Bertz CT molecular complexity index is 333. The van der Waals surface area contributed by atoms with Gasteiger partial charge in [-0.1, -0.05) is 13.8 Å². The van der Waals surface area contributed by atoms with Crippen LogP contribution in [0, 0.1) is 5.92 Å². The second-order valence-corrected chi connectivity index (χ2v) is 3.40. The summed E-state index contributed by atoms with van der Waals surface area (Å²) in [5, 5.41) is 9.08. The molecule has 0 unspecified atom stereocenters. The van der Waals surface area contributed by atoms with Gasteiger partial charge in [-0.3, -0.25) is 10.1 Å². The monoisotopic (exact) mass is 226 g/mol. The summed E-state index contributed by atoms with van der Waals surface area (Å²) >= 11 is 0. The fourth-order valence-electron chi connectivity index (χ4n) is 1.37. The molecule has 1 amide bonds. The summed E-state index contributed by atoms with van der Waals surface area (Å²) in [5.41, 5.74) is 0. The van der Waals surface area contributed by atoms with Crippen LogP contribution >= 0.6 is 0 Å². The van der Waals surface area contributed by atoms with Crippen LogP contribution < -0.4 is 10.1 Å². The second-order valence-electron chi connectivity index (χ2n) is 3.40. The number of nitrogens with one attached hydrogen (secondary N) is 2. The van der Waals surface area contributed by atoms with E-state index in [4.69, 9.17) is 4.74 Å². The Kier molecular flexibility index (Phi) is 4.75. The molecule has 1 rings (SSSR count). The molecule has 0 bridgehead atoms. The van der Waals surface area contributed by atoms with E-state index in [1.165, 1.54) is 0 Å². The zero-order chi connectivity index (χ0) is 12.0. The van der Waals surface area contributed by atoms with E-state index in [0.717, 1.165) is 12.8 Å². The number of hydrogen-bond donors (Lipinski definition) is 2. The van der Waals surface area contributed by atoms with E-state index in [2.05, 4.69) is 20.5 Å². The quantitative estimate of drug-likeness (QED) is 0.771. The van der Waals surface area contributed by atoms with Gasteiger partial charge in [-0.25, -0.2) is 5.10 Å². The predicted octanol–water partition coefficient (Wildman–Crippen LogP) is 1.58. The highest BCUT2D eigenvalue weighted by Gasteiger charge is 2.15. The van der Waals surface area contributed by atoms with Gasteiger partial charge in [0.15, 0.2) is 0 Å². The number of amides is 1. The number of aromatic amines is 1. The van der Waals surface area contributed by atoms with Gasteiger partial charge in [0.2, 0.25) is 11.9 Å². The number of hydrogen-bond acceptors (Lipinski definition) is 4. The lowest BCUT2D eigenvalue weighted by Gasteiger charge is -2.10. The number of rotatable bonds is 6. The minimum absolute atomic E-state index is 0.0145. The molecule has 2 N–H and O–H groups in total. The number of H-pyrrole nitrogens is 1. The zero-order valence-corrected chi connectivity index (χ0v) is 9.91. The second kappa shape index (κ2) is 6.09. The molecule has 16 heavy (non-hydrogen) atoms. The van der Waals surface area contributed by atoms with E-state index in [-0.39, 0.29) is 17.8 Å². The number of carbonyl (C=O) groups excluding carboxylic acids is 1. The largest absolute Gasteiger partial charge is 0.463 e. The van der Waals surface area contributed by atoms with Crippen molar-refractivity contribution in [2.75, 3.05) is 11.9 Å². The van der Waals surface area contributed by atoms with E-state index >= 15 is 0 Å². The summed E-state index contributed by atoms with van der Waals surface area (Å²) in [6, 6.07) is 0.252. The molecule has 6 heteroatoms. The first-order chi connectivity index (χ1) is 7.71. The lowest BCUT2D eigenvalue weighted by Crippen LogP contribution is -2.22. The van der Waals surface area contributed by atoms with Crippen LogP contribution in [-0.4, -0.2) is 27.7 Å². The summed E-state index contributed by atoms with van der Waals surface area (Å²) in [7, 11) is 0. The molecule has 1 heterocycles. The minimum Gasteiger partial charge on any atom is -0.463 e. The molecule has 0 aliphatic rings. The smallest absolute Gasteiger partial charge is 0.337 e. The maximum absolute atomic E-state index is 11.7. The van der Waals surface area contributed by atoms with Gasteiger partial charge in [0.25, 0.3) is 0 Å². The van der Waals surface area contributed by atoms with Crippen molar-refractivity contribution < 1.29 is 9.53 Å². The van der Waals surface area contributed by atoms with Gasteiger partial charge >= 0.3 is 6.01 Å². The van der Waals surface area contributed by atoms with Crippen LogP contribution in [0.1, 0.15) is 33.6 Å². The lowest BCUT2D eigenvalue weighted by atomic mass is 10.0. The summed E-state index contributed by atoms with van der Waals surface area (Å²) in [5.74, 6) is 0.310. The lowest BCUT2D eigenvalue weighted by molar-refractivity contribution is -0.120. The maximum atomic E-state index is 11.7. The average molecular weight is 226 g/mol. The van der Waals surface area contributed by atoms with Crippen molar-refractivity contribution >= 4 is 11.9 Å². The van der Waals surface area contributed by atoms with Crippen LogP contribution in [-0.2, 0) is 4.79 Å². The third kappa shape index (κ3) is 3.22. The molecule has 6 nitrogen and oxygen atoms in total. The van der Waals surface area contributed by atoms with Gasteiger partial charge in [0, 0.05) is 5.92 Å². The van der Waals surface area contributed by atoms with E-state index in [0.29, 0.717) is 12.6 Å². The van der Waals surface area contributed by atoms with Gasteiger partial charge in [-0.15, -0.1) is 5.10 Å². The van der Waals surface area contributed by atoms with Crippen molar-refractivity contribution in [2.24, 2.45) is 5.92 Å². The minimum atomic E-state index is -0.0378. The average Bonchev–Trinajstić information content (AvgIpc) is 2.68. The highest BCUT2D eigenvalue weighted by atomic mass is 16.5. The van der Waals surface area contributed by atoms with E-state index in [1.54, 1.807) is 0 Å². The standard InChI is InChI=1S/C10H18N4O2/c1-4-7(5-2)8(15)11-9-12-10(14-13-9)16-6-3/h7H,4-6H2,1-3H3,(H2,11,12,13,14,15). The molecule has 0 spiro atoms. The van der Waals surface area contributed by atoms with E-state index in [1.807, 2.05) is 20.8 Å². The molecule has 0 radical (unpaired) electrons. The molecule has 90 valence electrons. The van der Waals surface area contributed by atoms with Crippen LogP contribution in [0.25, 0.3) is 0 Å². The number of nitrogens with zero attached hydrogens (tertiary/aromatic N) is 2. The van der Waals surface area contributed by atoms with Gasteiger partial charge in [0.1, 0.15) is 0 Å². The van der Waals surface area contributed by atoms with Gasteiger partial charge in [-0.2, -0.15) is 4.98 Å². The van der Waals surface area contributed by atoms with Crippen LogP contribution in [0.4, 0.5) is 5.95 Å². The van der Waals surface area contributed by atoms with Crippen molar-refractivity contribution in [1.29, 1.82) is 0 Å². The molecular formula is C10H18N4O2.